The number of rotatable bonds is 19. The third kappa shape index (κ3) is 12.6. The molecule has 19 N–H and O–H groups in total. The maximum absolute atomic E-state index is 12.2. The number of ether oxygens (including phenoxy) is 11. The fourth-order valence-corrected chi connectivity index (χ4v) is 17.2. The molecular weight excluding hydrogens is 1160 g/mol. The molecule has 0 aromatic rings. The summed E-state index contributed by atoms with van der Waals surface area (Å²) < 4.78 is 65.7. The third-order valence-corrected chi connectivity index (χ3v) is 22.2. The van der Waals surface area contributed by atoms with Crippen molar-refractivity contribution in [2.45, 2.75) is 263 Å². The Morgan fingerprint density at radius 2 is 0.966 bits per heavy atom. The van der Waals surface area contributed by atoms with E-state index in [0.29, 0.717) is 37.5 Å². The molecule has 0 radical (unpaired) electrons. The second-order valence-corrected chi connectivity index (χ2v) is 27.2. The molecule has 0 spiro atoms. The molecule has 10 fully saturated rings. The highest BCUT2D eigenvalue weighted by Crippen LogP contribution is 2.71. The zero-order chi connectivity index (χ0) is 63.1. The van der Waals surface area contributed by atoms with Gasteiger partial charge in [-0.2, -0.15) is 0 Å². The Hall–Kier alpha value is -1.20. The van der Waals surface area contributed by atoms with E-state index in [1.54, 1.807) is 0 Å². The first kappa shape index (κ1) is 68.7. The summed E-state index contributed by atoms with van der Waals surface area (Å²) in [5, 5.41) is 205. The van der Waals surface area contributed by atoms with Crippen LogP contribution in [0.3, 0.4) is 0 Å². The Labute approximate surface area is 502 Å². The summed E-state index contributed by atoms with van der Waals surface area (Å²) in [6.45, 7) is 4.45. The van der Waals surface area contributed by atoms with Crippen molar-refractivity contribution in [3.63, 3.8) is 0 Å². The van der Waals surface area contributed by atoms with Gasteiger partial charge in [-0.05, 0) is 97.7 Å². The molecule has 10 rings (SSSR count). The summed E-state index contributed by atoms with van der Waals surface area (Å²) in [4.78, 5) is 0. The van der Waals surface area contributed by atoms with Gasteiger partial charge in [-0.15, -0.1) is 0 Å². The molecule has 504 valence electrons. The zero-order valence-corrected chi connectivity index (χ0v) is 49.3. The third-order valence-electron chi connectivity index (χ3n) is 22.2. The highest BCUT2D eigenvalue weighted by Gasteiger charge is 2.69. The minimum atomic E-state index is -2.09. The lowest BCUT2D eigenvalue weighted by Gasteiger charge is -2.62. The Morgan fingerprint density at radius 3 is 1.54 bits per heavy atom. The van der Waals surface area contributed by atoms with E-state index in [2.05, 4.69) is 20.8 Å². The monoisotopic (exact) mass is 1260 g/mol. The zero-order valence-electron chi connectivity index (χ0n) is 49.3. The Balaban J connectivity index is 0.777. The van der Waals surface area contributed by atoms with Gasteiger partial charge in [0.25, 0.3) is 0 Å². The molecule has 0 amide bonds. The second-order valence-electron chi connectivity index (χ2n) is 27.2. The Morgan fingerprint density at radius 1 is 0.483 bits per heavy atom. The van der Waals surface area contributed by atoms with Crippen molar-refractivity contribution in [3.05, 3.63) is 0 Å². The highest BCUT2D eigenvalue weighted by atomic mass is 16.8. The van der Waals surface area contributed by atoms with Crippen LogP contribution in [0.15, 0.2) is 0 Å². The van der Waals surface area contributed by atoms with Crippen LogP contribution in [0.2, 0.25) is 0 Å². The van der Waals surface area contributed by atoms with Gasteiger partial charge in [0.05, 0.1) is 58.0 Å². The van der Waals surface area contributed by atoms with Gasteiger partial charge >= 0.3 is 0 Å². The van der Waals surface area contributed by atoms with Crippen LogP contribution in [0.4, 0.5) is 0 Å². The maximum atomic E-state index is 12.2. The van der Waals surface area contributed by atoms with Crippen molar-refractivity contribution in [2.75, 3.05) is 39.6 Å². The van der Waals surface area contributed by atoms with Crippen LogP contribution in [-0.4, -0.2) is 314 Å². The van der Waals surface area contributed by atoms with Crippen molar-refractivity contribution >= 4 is 0 Å². The van der Waals surface area contributed by atoms with E-state index in [9.17, 15) is 97.0 Å². The first-order valence-electron chi connectivity index (χ1n) is 31.0. The number of fused-ring (bicyclic) bond motifs is 7. The van der Waals surface area contributed by atoms with Gasteiger partial charge in [-0.1, -0.05) is 27.7 Å². The second kappa shape index (κ2) is 27.3. The van der Waals surface area contributed by atoms with Crippen LogP contribution < -0.4 is 0 Å². The average Bonchev–Trinajstić information content (AvgIpc) is 1.60. The lowest BCUT2D eigenvalue weighted by Crippen LogP contribution is -2.69. The van der Waals surface area contributed by atoms with Gasteiger partial charge in [0.2, 0.25) is 0 Å². The number of hydrogen-bond acceptors (Lipinski definition) is 30. The standard InChI is InChI=1S/C57H96O30/c1-20(19-77-50-43(72)39(68)35(64)29(14-58)79-50)7-10-57(76)21(2)34-28(87-57)12-25-23-6-5-22-11-27(26(63)13-56(22,4)24(23)8-9-55(25,34)3)78-51-46(75)42(71)47(33(18-62)83-51)84-54-49(86-53-45(74)41(70)37(66)31(16-60)81-53)48(38(67)32(17-61)82-54)85-52-44(73)40(69)36(65)30(15-59)80-52/h20-54,58-76H,5-19H2,1-4H3/t20-,21-,22-,23+,24-,25-,26+,27+,28-,29+,30+,31+,32+,33+,34-,35+,36+,37+,38+,39-,40-,41-,42+,43+,44+,45+,46+,47-,48-,49+,50+,51+,52-,53-,54-,55-,56-,57+/m0/s1. The summed E-state index contributed by atoms with van der Waals surface area (Å²) in [5.41, 5.74) is -0.457. The molecule has 0 unspecified atom stereocenters. The fourth-order valence-electron chi connectivity index (χ4n) is 17.2. The highest BCUT2D eigenvalue weighted by molar-refractivity contribution is 5.16. The molecule has 6 aliphatic heterocycles. The Bertz CT molecular complexity index is 2220. The fraction of sp³-hybridized carbons (Fsp3) is 1.00. The predicted octanol–water partition coefficient (Wildman–Crippen LogP) is -7.16. The lowest BCUT2D eigenvalue weighted by atomic mass is 9.44. The number of aliphatic hydroxyl groups is 19. The SMILES string of the molecule is C[C@@H](CC[C@@]1(O)O[C@H]2C[C@H]3[C@@H]4CC[C@H]5C[C@@H](O[C@@H]6O[C@H](CO)[C@H](O[C@@H]7O[C@H](CO)[C@@H](O)[C@H](O[C@@H]8O[C@H](CO)[C@@H](O)[C@H](O)[C@H]8O)[C@H]7O[C@@H]7O[C@H](CO)[C@@H](O)[C@H](O)[C@H]7O)[C@H](O)[C@H]6O)[C@H](O)C[C@]5(C)[C@H]4CC[C@]3(C)[C@H]2[C@@H]1C)CO[C@@H]1O[C@H](CO)[C@@H](O)[C@H](O)[C@H]1O. The quantitative estimate of drug-likeness (QED) is 0.0534. The van der Waals surface area contributed by atoms with E-state index in [1.807, 2.05) is 6.92 Å². The van der Waals surface area contributed by atoms with Crippen LogP contribution in [0.1, 0.15) is 85.5 Å². The minimum absolute atomic E-state index is 0.0665. The van der Waals surface area contributed by atoms with E-state index in [1.165, 1.54) is 0 Å². The predicted molar refractivity (Wildman–Crippen MR) is 286 cm³/mol. The molecule has 4 aliphatic carbocycles. The minimum Gasteiger partial charge on any atom is -0.394 e. The number of hydrogen-bond donors (Lipinski definition) is 19. The molecule has 0 bridgehead atoms. The summed E-state index contributed by atoms with van der Waals surface area (Å²) >= 11 is 0. The van der Waals surface area contributed by atoms with Crippen molar-refractivity contribution in [1.29, 1.82) is 0 Å². The molecule has 38 atom stereocenters. The molecular formula is C57H96O30. The maximum Gasteiger partial charge on any atom is 0.187 e. The molecule has 0 aromatic carbocycles. The van der Waals surface area contributed by atoms with Gasteiger partial charge in [-0.25, -0.2) is 0 Å². The molecule has 0 aromatic heterocycles. The van der Waals surface area contributed by atoms with Gasteiger partial charge < -0.3 is 149 Å². The summed E-state index contributed by atoms with van der Waals surface area (Å²) in [6.07, 6.45) is -40.6. The molecule has 30 nitrogen and oxygen atoms in total. The van der Waals surface area contributed by atoms with Gasteiger partial charge in [-0.3, -0.25) is 0 Å². The topological polar surface area (TPSA) is 486 Å². The summed E-state index contributed by atoms with van der Waals surface area (Å²) in [6, 6.07) is 0. The van der Waals surface area contributed by atoms with E-state index < -0.39 is 205 Å². The van der Waals surface area contributed by atoms with Gasteiger partial charge in [0.1, 0.15) is 122 Å². The van der Waals surface area contributed by atoms with E-state index in [0.717, 1.165) is 32.1 Å². The van der Waals surface area contributed by atoms with E-state index >= 15 is 0 Å². The number of aliphatic hydroxyl groups excluding tert-OH is 18. The van der Waals surface area contributed by atoms with E-state index in [-0.39, 0.29) is 53.1 Å². The average molecular weight is 1260 g/mol. The molecule has 30 heteroatoms. The molecule has 6 saturated heterocycles. The first-order chi connectivity index (χ1) is 41.2. The van der Waals surface area contributed by atoms with Crippen molar-refractivity contribution in [2.24, 2.45) is 52.3 Å². The lowest BCUT2D eigenvalue weighted by molar-refractivity contribution is -0.407. The van der Waals surface area contributed by atoms with Crippen molar-refractivity contribution in [1.82, 2.24) is 0 Å². The summed E-state index contributed by atoms with van der Waals surface area (Å²) in [5.74, 6) is -0.710. The van der Waals surface area contributed by atoms with Crippen molar-refractivity contribution < 1.29 is 149 Å². The van der Waals surface area contributed by atoms with Crippen LogP contribution in [0.25, 0.3) is 0 Å². The smallest absolute Gasteiger partial charge is 0.187 e. The molecule has 6 heterocycles. The van der Waals surface area contributed by atoms with Crippen LogP contribution in [0.5, 0.6) is 0 Å². The van der Waals surface area contributed by atoms with Crippen molar-refractivity contribution in [3.8, 4) is 0 Å². The van der Waals surface area contributed by atoms with Crippen LogP contribution >= 0.6 is 0 Å². The Kier molecular flexibility index (Phi) is 21.5. The van der Waals surface area contributed by atoms with Gasteiger partial charge in [0, 0.05) is 12.3 Å². The van der Waals surface area contributed by atoms with Crippen LogP contribution in [0, 0.1) is 52.3 Å². The summed E-state index contributed by atoms with van der Waals surface area (Å²) in [7, 11) is 0. The van der Waals surface area contributed by atoms with E-state index in [4.69, 9.17) is 52.1 Å². The van der Waals surface area contributed by atoms with Crippen LogP contribution in [-0.2, 0) is 52.1 Å². The molecule has 87 heavy (non-hydrogen) atoms. The first-order valence-corrected chi connectivity index (χ1v) is 31.0. The molecule has 10 aliphatic rings. The normalized spacial score (nSPS) is 55.6. The molecule has 4 saturated carbocycles. The van der Waals surface area contributed by atoms with Gasteiger partial charge in [0.15, 0.2) is 37.2 Å². The largest absolute Gasteiger partial charge is 0.394 e.